The summed E-state index contributed by atoms with van der Waals surface area (Å²) in [5.74, 6) is 0.572. The van der Waals surface area contributed by atoms with Crippen LogP contribution >= 0.6 is 0 Å². The maximum atomic E-state index is 11.2. The Morgan fingerprint density at radius 3 is 2.24 bits per heavy atom. The summed E-state index contributed by atoms with van der Waals surface area (Å²) in [6, 6.07) is 9.70. The Morgan fingerprint density at radius 1 is 1.12 bits per heavy atom. The van der Waals surface area contributed by atoms with Gasteiger partial charge in [0.25, 0.3) is 10.1 Å². The van der Waals surface area contributed by atoms with Crippen LogP contribution in [0.2, 0.25) is 0 Å². The zero-order valence-corrected chi connectivity index (χ0v) is 12.3. The van der Waals surface area contributed by atoms with Crippen molar-refractivity contribution in [2.75, 3.05) is 7.11 Å². The van der Waals surface area contributed by atoms with Crippen LogP contribution in [-0.2, 0) is 10.1 Å². The number of methoxy groups -OCH3 is 1. The molecule has 0 bridgehead atoms. The second-order valence-corrected chi connectivity index (χ2v) is 4.68. The number of benzene rings is 2. The molecule has 0 atom stereocenters. The molecule has 0 aliphatic carbocycles. The first-order valence-electron chi connectivity index (χ1n) is 4.57. The average molecular weight is 280 g/mol. The van der Waals surface area contributed by atoms with Crippen LogP contribution in [0.1, 0.15) is 2.85 Å². The fourth-order valence-corrected chi connectivity index (χ4v) is 2.34. The topological polar surface area (TPSA) is 63.6 Å². The number of hydrogen-bond donors (Lipinski definition) is 1. The fraction of sp³-hybridized carbons (Fsp3) is 0.0909. The molecule has 88 valence electrons. The zero-order valence-electron chi connectivity index (χ0n) is 11.3. The summed E-state index contributed by atoms with van der Waals surface area (Å²) in [5.41, 5.74) is 0. The van der Waals surface area contributed by atoms with Crippen molar-refractivity contribution in [3.8, 4) is 5.75 Å². The first-order chi connectivity index (χ1) is 7.54. The van der Waals surface area contributed by atoms with Crippen LogP contribution in [0.5, 0.6) is 5.75 Å². The predicted molar refractivity (Wildman–Crippen MR) is 68.3 cm³/mol. The molecule has 0 saturated carbocycles. The molecule has 2 rings (SSSR count). The molecule has 0 aliphatic heterocycles. The van der Waals surface area contributed by atoms with Crippen molar-refractivity contribution in [1.29, 1.82) is 0 Å². The van der Waals surface area contributed by atoms with E-state index in [1.807, 2.05) is 0 Å². The van der Waals surface area contributed by atoms with Gasteiger partial charge in [0.05, 0.1) is 7.11 Å². The van der Waals surface area contributed by atoms with Crippen molar-refractivity contribution in [2.45, 2.75) is 4.90 Å². The van der Waals surface area contributed by atoms with Gasteiger partial charge in [-0.2, -0.15) is 8.42 Å². The van der Waals surface area contributed by atoms with Crippen LogP contribution < -0.4 is 4.74 Å². The van der Waals surface area contributed by atoms with Crippen LogP contribution in [-0.4, -0.2) is 57.8 Å². The summed E-state index contributed by atoms with van der Waals surface area (Å²) in [6.07, 6.45) is 0. The van der Waals surface area contributed by atoms with E-state index in [2.05, 4.69) is 0 Å². The molecule has 0 aromatic heterocycles. The van der Waals surface area contributed by atoms with Crippen molar-refractivity contribution in [3.63, 3.8) is 0 Å². The van der Waals surface area contributed by atoms with Gasteiger partial charge in [-0.1, -0.05) is 24.3 Å². The van der Waals surface area contributed by atoms with E-state index >= 15 is 0 Å². The van der Waals surface area contributed by atoms with Gasteiger partial charge >= 0.3 is 37.7 Å². The molecule has 2 aromatic rings. The SMILES string of the molecule is COc1ccc(S(=O)(=O)O)c2ccccc12.[Ca+2].[H-].[H-]. The van der Waals surface area contributed by atoms with Crippen LogP contribution in [0.3, 0.4) is 0 Å². The fourth-order valence-electron chi connectivity index (χ4n) is 1.65. The van der Waals surface area contributed by atoms with Crippen LogP contribution in [0.25, 0.3) is 10.8 Å². The van der Waals surface area contributed by atoms with Gasteiger partial charge in [-0.15, -0.1) is 0 Å². The molecule has 0 fully saturated rings. The van der Waals surface area contributed by atoms with Crippen molar-refractivity contribution in [1.82, 2.24) is 0 Å². The average Bonchev–Trinajstić information content (AvgIpc) is 2.26. The van der Waals surface area contributed by atoms with E-state index < -0.39 is 10.1 Å². The molecule has 17 heavy (non-hydrogen) atoms. The summed E-state index contributed by atoms with van der Waals surface area (Å²) in [4.78, 5) is -0.107. The molecule has 6 heteroatoms. The number of ether oxygens (including phenoxy) is 1. The van der Waals surface area contributed by atoms with Gasteiger partial charge in [0.15, 0.2) is 0 Å². The minimum absolute atomic E-state index is 0. The standard InChI is InChI=1S/C11H10O4S.Ca.2H/c1-15-10-6-7-11(16(12,13)14)9-5-3-2-4-8(9)10;;;/h2-7H,1H3,(H,12,13,14);;;/q;+2;2*-1. The van der Waals surface area contributed by atoms with E-state index in [1.54, 1.807) is 24.3 Å². The van der Waals surface area contributed by atoms with Gasteiger partial charge in [0.1, 0.15) is 10.6 Å². The quantitative estimate of drug-likeness (QED) is 0.674. The minimum Gasteiger partial charge on any atom is -1.00 e. The first-order valence-corrected chi connectivity index (χ1v) is 6.01. The maximum Gasteiger partial charge on any atom is 2.00 e. The van der Waals surface area contributed by atoms with Crippen molar-refractivity contribution >= 4 is 58.6 Å². The monoisotopic (exact) mass is 280 g/mol. The third-order valence-corrected chi connectivity index (χ3v) is 3.25. The molecule has 4 nitrogen and oxygen atoms in total. The number of rotatable bonds is 2. The summed E-state index contributed by atoms with van der Waals surface area (Å²) < 4.78 is 36.5. The second kappa shape index (κ2) is 5.54. The Kier molecular flexibility index (Phi) is 4.80. The van der Waals surface area contributed by atoms with Crippen molar-refractivity contribution in [2.24, 2.45) is 0 Å². The predicted octanol–water partition coefficient (Wildman–Crippen LogP) is 1.94. The Balaban J connectivity index is 0. The van der Waals surface area contributed by atoms with Gasteiger partial charge in [0.2, 0.25) is 0 Å². The Bertz CT molecular complexity index is 646. The van der Waals surface area contributed by atoms with E-state index in [0.717, 1.165) is 0 Å². The summed E-state index contributed by atoms with van der Waals surface area (Å²) in [5, 5.41) is 1.10. The van der Waals surface area contributed by atoms with Gasteiger partial charge in [-0.3, -0.25) is 4.55 Å². The molecule has 0 saturated heterocycles. The Hall–Kier alpha value is -0.330. The molecule has 0 amide bonds. The molecule has 0 spiro atoms. The molecular formula is C11H12CaO4S. The normalized spacial score (nSPS) is 10.9. The largest absolute Gasteiger partial charge is 2.00 e. The smallest absolute Gasteiger partial charge is 1.00 e. The molecular weight excluding hydrogens is 268 g/mol. The van der Waals surface area contributed by atoms with E-state index in [-0.39, 0.29) is 45.5 Å². The third kappa shape index (κ3) is 2.92. The minimum atomic E-state index is -4.21. The maximum absolute atomic E-state index is 11.2. The molecule has 1 N–H and O–H groups in total. The van der Waals surface area contributed by atoms with E-state index in [0.29, 0.717) is 16.5 Å². The molecule has 2 aromatic carbocycles. The van der Waals surface area contributed by atoms with Gasteiger partial charge < -0.3 is 7.59 Å². The van der Waals surface area contributed by atoms with Crippen LogP contribution in [0, 0.1) is 0 Å². The van der Waals surface area contributed by atoms with Gasteiger partial charge in [-0.25, -0.2) is 0 Å². The second-order valence-electron chi connectivity index (χ2n) is 3.29. The van der Waals surface area contributed by atoms with E-state index in [9.17, 15) is 8.42 Å². The van der Waals surface area contributed by atoms with Crippen LogP contribution in [0.4, 0.5) is 0 Å². The molecule has 0 radical (unpaired) electrons. The number of fused-ring (bicyclic) bond motifs is 1. The van der Waals surface area contributed by atoms with Crippen LogP contribution in [0.15, 0.2) is 41.3 Å². The van der Waals surface area contributed by atoms with Gasteiger partial charge in [0, 0.05) is 10.8 Å². The molecule has 0 heterocycles. The van der Waals surface area contributed by atoms with E-state index in [4.69, 9.17) is 9.29 Å². The Morgan fingerprint density at radius 2 is 1.71 bits per heavy atom. The van der Waals surface area contributed by atoms with Crippen molar-refractivity contribution in [3.05, 3.63) is 36.4 Å². The molecule has 0 aliphatic rings. The summed E-state index contributed by atoms with van der Waals surface area (Å²) >= 11 is 0. The first kappa shape index (κ1) is 14.7. The zero-order chi connectivity index (χ0) is 11.8. The van der Waals surface area contributed by atoms with E-state index in [1.165, 1.54) is 19.2 Å². The summed E-state index contributed by atoms with van der Waals surface area (Å²) in [6.45, 7) is 0. The number of hydrogen-bond acceptors (Lipinski definition) is 3. The van der Waals surface area contributed by atoms with Crippen molar-refractivity contribution < 1.29 is 20.6 Å². The third-order valence-electron chi connectivity index (χ3n) is 2.34. The molecule has 0 unspecified atom stereocenters. The van der Waals surface area contributed by atoms with Gasteiger partial charge in [-0.05, 0) is 12.1 Å². The summed E-state index contributed by atoms with van der Waals surface area (Å²) in [7, 11) is -2.70. The Labute approximate surface area is 132 Å².